The molecule has 2 aromatic heterocycles. The summed E-state index contributed by atoms with van der Waals surface area (Å²) in [5.41, 5.74) is 1.89. The summed E-state index contributed by atoms with van der Waals surface area (Å²) in [5, 5.41) is 0. The van der Waals surface area contributed by atoms with Crippen LogP contribution in [0.4, 0.5) is 0 Å². The first-order valence-electron chi connectivity index (χ1n) is 3.25. The first-order valence-corrected chi connectivity index (χ1v) is 4.22. The fourth-order valence-corrected chi connectivity index (χ4v) is 1.48. The molecule has 11 heavy (non-hydrogen) atoms. The molecule has 0 aliphatic rings. The van der Waals surface area contributed by atoms with Gasteiger partial charge in [-0.2, -0.15) is 0 Å². The van der Waals surface area contributed by atoms with Crippen molar-refractivity contribution in [2.24, 2.45) is 0 Å². The van der Waals surface area contributed by atoms with E-state index in [0.717, 1.165) is 17.0 Å². The summed E-state index contributed by atoms with van der Waals surface area (Å²) in [6.07, 6.45) is 1.78. The lowest BCUT2D eigenvalue weighted by molar-refractivity contribution is 1.14. The number of fused-ring (bicyclic) bond motifs is 1. The van der Waals surface area contributed by atoms with Gasteiger partial charge in [0.1, 0.15) is 11.3 Å². The minimum Gasteiger partial charge on any atom is -0.252 e. The third-order valence-electron chi connectivity index (χ3n) is 1.52. The summed E-state index contributed by atoms with van der Waals surface area (Å²) >= 11 is 2.19. The fourth-order valence-electron chi connectivity index (χ4n) is 0.998. The highest BCUT2D eigenvalue weighted by molar-refractivity contribution is 14.1. The van der Waals surface area contributed by atoms with Crippen molar-refractivity contribution in [2.45, 2.75) is 6.92 Å². The lowest BCUT2D eigenvalue weighted by atomic mass is 10.4. The Bertz CT molecular complexity index is 393. The first-order chi connectivity index (χ1) is 5.29. The zero-order valence-electron chi connectivity index (χ0n) is 5.95. The zero-order valence-corrected chi connectivity index (χ0v) is 8.11. The van der Waals surface area contributed by atoms with Crippen LogP contribution in [0, 0.1) is 6.92 Å². The summed E-state index contributed by atoms with van der Waals surface area (Å²) in [6.45, 7) is 1.97. The summed E-state index contributed by atoms with van der Waals surface area (Å²) in [5.74, 6) is 0.985. The Balaban J connectivity index is 2.92. The lowest BCUT2D eigenvalue weighted by Gasteiger charge is -1.89. The van der Waals surface area contributed by atoms with Gasteiger partial charge < -0.3 is 0 Å². The predicted molar refractivity (Wildman–Crippen MR) is 51.7 cm³/mol. The number of imidazole rings is 1. The van der Waals surface area contributed by atoms with Crippen molar-refractivity contribution in [3.8, 4) is 0 Å². The molecule has 0 fully saturated rings. The molecule has 56 valence electrons. The zero-order chi connectivity index (χ0) is 7.84. The van der Waals surface area contributed by atoms with Gasteiger partial charge in [0.15, 0.2) is 5.65 Å². The molecule has 0 aromatic carbocycles. The van der Waals surface area contributed by atoms with Crippen LogP contribution in [0.3, 0.4) is 0 Å². The number of nitrogens with zero attached hydrogens (tertiary/aromatic N) is 3. The molecule has 0 bridgehead atoms. The quantitative estimate of drug-likeness (QED) is 0.677. The van der Waals surface area contributed by atoms with Gasteiger partial charge in [0.25, 0.3) is 0 Å². The normalized spacial score (nSPS) is 10.7. The molecule has 0 radical (unpaired) electrons. The van der Waals surface area contributed by atoms with Crippen molar-refractivity contribution >= 4 is 34.0 Å². The molecule has 0 atom stereocenters. The predicted octanol–water partition coefficient (Wildman–Crippen LogP) is 1.94. The van der Waals surface area contributed by atoms with Gasteiger partial charge in [0.2, 0.25) is 0 Å². The van der Waals surface area contributed by atoms with Crippen LogP contribution in [0.5, 0.6) is 0 Å². The SMILES string of the molecule is Cc1nc2cccnc2n1I. The van der Waals surface area contributed by atoms with Crippen LogP contribution in [0.15, 0.2) is 18.3 Å². The second-order valence-corrected chi connectivity index (χ2v) is 3.25. The lowest BCUT2D eigenvalue weighted by Crippen LogP contribution is -1.83. The number of halogens is 1. The van der Waals surface area contributed by atoms with E-state index in [1.165, 1.54) is 0 Å². The second-order valence-electron chi connectivity index (χ2n) is 2.29. The Morgan fingerprint density at radius 3 is 3.09 bits per heavy atom. The van der Waals surface area contributed by atoms with Crippen molar-refractivity contribution in [1.82, 2.24) is 12.7 Å². The molecular formula is C7H6IN3. The molecule has 2 heterocycles. The van der Waals surface area contributed by atoms with Crippen LogP contribution < -0.4 is 0 Å². The Morgan fingerprint density at radius 1 is 1.55 bits per heavy atom. The van der Waals surface area contributed by atoms with Crippen LogP contribution in [0.1, 0.15) is 5.82 Å². The molecule has 0 saturated heterocycles. The number of pyridine rings is 1. The molecule has 0 aliphatic carbocycles. The summed E-state index contributed by atoms with van der Waals surface area (Å²) in [6, 6.07) is 3.86. The summed E-state index contributed by atoms with van der Waals surface area (Å²) in [4.78, 5) is 8.50. The van der Waals surface area contributed by atoms with Gasteiger partial charge in [-0.25, -0.2) is 9.97 Å². The van der Waals surface area contributed by atoms with E-state index < -0.39 is 0 Å². The molecule has 0 N–H and O–H groups in total. The van der Waals surface area contributed by atoms with E-state index in [1.807, 2.05) is 21.8 Å². The Hall–Kier alpha value is -0.650. The average molecular weight is 259 g/mol. The van der Waals surface area contributed by atoms with Gasteiger partial charge in [-0.1, -0.05) is 0 Å². The van der Waals surface area contributed by atoms with Gasteiger partial charge in [-0.3, -0.25) is 2.78 Å². The number of aryl methyl sites for hydroxylation is 1. The maximum absolute atomic E-state index is 4.31. The Morgan fingerprint density at radius 2 is 2.36 bits per heavy atom. The molecule has 0 spiro atoms. The Kier molecular flexibility index (Phi) is 1.56. The third kappa shape index (κ3) is 1.01. The maximum atomic E-state index is 4.31. The molecule has 0 amide bonds. The van der Waals surface area contributed by atoms with E-state index in [9.17, 15) is 0 Å². The van der Waals surface area contributed by atoms with E-state index in [4.69, 9.17) is 0 Å². The fraction of sp³-hybridized carbons (Fsp3) is 0.143. The largest absolute Gasteiger partial charge is 0.252 e. The summed E-state index contributed by atoms with van der Waals surface area (Å²) < 4.78 is 1.95. The van der Waals surface area contributed by atoms with E-state index in [0.29, 0.717) is 0 Å². The van der Waals surface area contributed by atoms with Crippen molar-refractivity contribution in [2.75, 3.05) is 0 Å². The number of hydrogen-bond acceptors (Lipinski definition) is 2. The molecule has 0 saturated carbocycles. The van der Waals surface area contributed by atoms with E-state index in [1.54, 1.807) is 6.20 Å². The maximum Gasteiger partial charge on any atom is 0.169 e. The standard InChI is InChI=1S/C7H6IN3/c1-5-10-6-3-2-4-9-7(6)11(5)8/h2-4H,1H3. The van der Waals surface area contributed by atoms with Crippen LogP contribution in [-0.4, -0.2) is 12.7 Å². The van der Waals surface area contributed by atoms with Crippen LogP contribution in [0.25, 0.3) is 11.2 Å². The molecule has 2 rings (SSSR count). The molecule has 0 unspecified atom stereocenters. The number of aromatic nitrogens is 3. The topological polar surface area (TPSA) is 30.7 Å². The van der Waals surface area contributed by atoms with Gasteiger partial charge >= 0.3 is 0 Å². The van der Waals surface area contributed by atoms with Crippen LogP contribution >= 0.6 is 22.9 Å². The molecule has 2 aromatic rings. The molecule has 4 heteroatoms. The second kappa shape index (κ2) is 2.44. The van der Waals surface area contributed by atoms with Crippen LogP contribution in [0.2, 0.25) is 0 Å². The highest BCUT2D eigenvalue weighted by atomic mass is 127. The summed E-state index contributed by atoms with van der Waals surface area (Å²) in [7, 11) is 0. The van der Waals surface area contributed by atoms with Gasteiger partial charge in [0.05, 0.1) is 22.9 Å². The van der Waals surface area contributed by atoms with Gasteiger partial charge in [-0.15, -0.1) is 0 Å². The van der Waals surface area contributed by atoms with Crippen molar-refractivity contribution < 1.29 is 0 Å². The highest BCUT2D eigenvalue weighted by Crippen LogP contribution is 2.14. The number of hydrogen-bond donors (Lipinski definition) is 0. The van der Waals surface area contributed by atoms with Crippen molar-refractivity contribution in [3.63, 3.8) is 0 Å². The van der Waals surface area contributed by atoms with Gasteiger partial charge in [0, 0.05) is 6.20 Å². The monoisotopic (exact) mass is 259 g/mol. The van der Waals surface area contributed by atoms with E-state index in [2.05, 4.69) is 32.8 Å². The highest BCUT2D eigenvalue weighted by Gasteiger charge is 2.03. The van der Waals surface area contributed by atoms with Gasteiger partial charge in [-0.05, 0) is 19.1 Å². The van der Waals surface area contributed by atoms with Crippen molar-refractivity contribution in [1.29, 1.82) is 0 Å². The number of rotatable bonds is 0. The van der Waals surface area contributed by atoms with E-state index in [-0.39, 0.29) is 0 Å². The van der Waals surface area contributed by atoms with Crippen molar-refractivity contribution in [3.05, 3.63) is 24.2 Å². The smallest absolute Gasteiger partial charge is 0.169 e. The molecule has 0 aliphatic heterocycles. The van der Waals surface area contributed by atoms with E-state index >= 15 is 0 Å². The average Bonchev–Trinajstić information content (AvgIpc) is 2.30. The molecule has 3 nitrogen and oxygen atoms in total. The first kappa shape index (κ1) is 7.02. The minimum absolute atomic E-state index is 0.936. The third-order valence-corrected chi connectivity index (χ3v) is 2.67. The molecular weight excluding hydrogens is 253 g/mol. The van der Waals surface area contributed by atoms with Crippen LogP contribution in [-0.2, 0) is 0 Å². The minimum atomic E-state index is 0.936. The Labute approximate surface area is 78.0 Å².